The SMILES string of the molecule is COC(=O)CCC(=O)N1CC[C@@]2(CCCN(CCc3ccccc3)C2=O)C1. The highest BCUT2D eigenvalue weighted by atomic mass is 16.5. The van der Waals surface area contributed by atoms with Crippen molar-refractivity contribution in [2.75, 3.05) is 33.3 Å². The van der Waals surface area contributed by atoms with E-state index in [1.165, 1.54) is 12.7 Å². The normalized spacial score (nSPS) is 22.3. The number of carbonyl (C=O) groups excluding carboxylic acids is 3. The first-order valence-electron chi connectivity index (χ1n) is 9.72. The number of amides is 2. The van der Waals surface area contributed by atoms with Crippen molar-refractivity contribution < 1.29 is 19.1 Å². The van der Waals surface area contributed by atoms with Crippen molar-refractivity contribution >= 4 is 17.8 Å². The first kappa shape index (κ1) is 19.4. The maximum Gasteiger partial charge on any atom is 0.306 e. The van der Waals surface area contributed by atoms with Crippen LogP contribution in [0.25, 0.3) is 0 Å². The van der Waals surface area contributed by atoms with Gasteiger partial charge in [-0.05, 0) is 31.2 Å². The summed E-state index contributed by atoms with van der Waals surface area (Å²) in [5.41, 5.74) is 0.798. The van der Waals surface area contributed by atoms with Crippen molar-refractivity contribution in [1.29, 1.82) is 0 Å². The van der Waals surface area contributed by atoms with Crippen molar-refractivity contribution in [1.82, 2.24) is 9.80 Å². The Balaban J connectivity index is 1.56. The van der Waals surface area contributed by atoms with Gasteiger partial charge in [0, 0.05) is 32.6 Å². The van der Waals surface area contributed by atoms with Crippen molar-refractivity contribution in [2.45, 2.75) is 38.5 Å². The second kappa shape index (κ2) is 8.55. The van der Waals surface area contributed by atoms with Crippen LogP contribution in [0.15, 0.2) is 30.3 Å². The summed E-state index contributed by atoms with van der Waals surface area (Å²) in [6, 6.07) is 10.2. The predicted octanol–water partition coefficient (Wildman–Crippen LogP) is 2.02. The highest BCUT2D eigenvalue weighted by Gasteiger charge is 2.49. The molecule has 2 saturated heterocycles. The van der Waals surface area contributed by atoms with E-state index in [1.807, 2.05) is 23.1 Å². The highest BCUT2D eigenvalue weighted by Crippen LogP contribution is 2.40. The summed E-state index contributed by atoms with van der Waals surface area (Å²) < 4.78 is 4.60. The number of nitrogens with zero attached hydrogens (tertiary/aromatic N) is 2. The Hall–Kier alpha value is -2.37. The molecule has 0 bridgehead atoms. The van der Waals surface area contributed by atoms with E-state index in [2.05, 4.69) is 16.9 Å². The van der Waals surface area contributed by atoms with E-state index < -0.39 is 5.41 Å². The van der Waals surface area contributed by atoms with Gasteiger partial charge in [-0.3, -0.25) is 14.4 Å². The smallest absolute Gasteiger partial charge is 0.306 e. The van der Waals surface area contributed by atoms with Crippen LogP contribution in [-0.4, -0.2) is 60.9 Å². The maximum atomic E-state index is 13.2. The molecule has 2 fully saturated rings. The molecule has 0 aliphatic carbocycles. The second-order valence-corrected chi connectivity index (χ2v) is 7.55. The minimum absolute atomic E-state index is 0.0634. The number of rotatable bonds is 6. The van der Waals surface area contributed by atoms with E-state index in [9.17, 15) is 14.4 Å². The number of hydrogen-bond acceptors (Lipinski definition) is 4. The van der Waals surface area contributed by atoms with E-state index in [-0.39, 0.29) is 30.6 Å². The fraction of sp³-hybridized carbons (Fsp3) is 0.571. The molecule has 2 aliphatic rings. The number of likely N-dealkylation sites (tertiary alicyclic amines) is 2. The van der Waals surface area contributed by atoms with Gasteiger partial charge in [-0.2, -0.15) is 0 Å². The molecule has 1 aromatic carbocycles. The quantitative estimate of drug-likeness (QED) is 0.717. The summed E-state index contributed by atoms with van der Waals surface area (Å²) in [7, 11) is 1.32. The maximum absolute atomic E-state index is 13.2. The number of piperidine rings is 1. The van der Waals surface area contributed by atoms with Crippen LogP contribution in [0.1, 0.15) is 37.7 Å². The van der Waals surface area contributed by atoms with Crippen LogP contribution in [0.2, 0.25) is 0 Å². The largest absolute Gasteiger partial charge is 0.469 e. The van der Waals surface area contributed by atoms with Crippen LogP contribution in [0, 0.1) is 5.41 Å². The summed E-state index contributed by atoms with van der Waals surface area (Å²) in [5, 5.41) is 0. The number of benzene rings is 1. The molecule has 3 rings (SSSR count). The van der Waals surface area contributed by atoms with Gasteiger partial charge in [0.05, 0.1) is 18.9 Å². The Labute approximate surface area is 160 Å². The van der Waals surface area contributed by atoms with Crippen molar-refractivity contribution in [2.24, 2.45) is 5.41 Å². The molecule has 6 nitrogen and oxygen atoms in total. The Morgan fingerprint density at radius 2 is 1.89 bits per heavy atom. The van der Waals surface area contributed by atoms with Gasteiger partial charge in [0.1, 0.15) is 0 Å². The second-order valence-electron chi connectivity index (χ2n) is 7.55. The first-order chi connectivity index (χ1) is 13.0. The van der Waals surface area contributed by atoms with Crippen LogP contribution in [0.5, 0.6) is 0 Å². The average molecular weight is 372 g/mol. The molecule has 6 heteroatoms. The van der Waals surface area contributed by atoms with Crippen LogP contribution in [0.4, 0.5) is 0 Å². The van der Waals surface area contributed by atoms with Gasteiger partial charge in [-0.15, -0.1) is 0 Å². The molecule has 0 radical (unpaired) electrons. The van der Waals surface area contributed by atoms with Crippen LogP contribution < -0.4 is 0 Å². The Bertz CT molecular complexity index is 691. The number of esters is 1. The molecule has 1 aromatic rings. The monoisotopic (exact) mass is 372 g/mol. The standard InChI is InChI=1S/C21H28N2O4/c1-27-19(25)9-8-18(24)23-15-12-21(16-23)11-5-13-22(20(21)26)14-10-17-6-3-2-4-7-17/h2-4,6-7H,5,8-16H2,1H3/t21-/m0/s1. The zero-order valence-corrected chi connectivity index (χ0v) is 16.0. The lowest BCUT2D eigenvalue weighted by molar-refractivity contribution is -0.147. The summed E-state index contributed by atoms with van der Waals surface area (Å²) in [6.07, 6.45) is 3.63. The Morgan fingerprint density at radius 3 is 2.63 bits per heavy atom. The van der Waals surface area contributed by atoms with Gasteiger partial charge >= 0.3 is 5.97 Å². The van der Waals surface area contributed by atoms with Crippen LogP contribution >= 0.6 is 0 Å². The molecule has 1 spiro atoms. The lowest BCUT2D eigenvalue weighted by Gasteiger charge is -2.39. The molecule has 2 heterocycles. The number of methoxy groups -OCH3 is 1. The molecule has 146 valence electrons. The Morgan fingerprint density at radius 1 is 1.11 bits per heavy atom. The molecule has 27 heavy (non-hydrogen) atoms. The topological polar surface area (TPSA) is 66.9 Å². The summed E-state index contributed by atoms with van der Waals surface area (Å²) in [5.74, 6) is -0.252. The fourth-order valence-corrected chi connectivity index (χ4v) is 4.21. The third-order valence-electron chi connectivity index (χ3n) is 5.81. The van der Waals surface area contributed by atoms with E-state index in [1.54, 1.807) is 4.90 Å². The van der Waals surface area contributed by atoms with Crippen LogP contribution in [0.3, 0.4) is 0 Å². The van der Waals surface area contributed by atoms with Gasteiger partial charge < -0.3 is 14.5 Å². The van der Waals surface area contributed by atoms with Crippen molar-refractivity contribution in [3.63, 3.8) is 0 Å². The molecule has 0 aromatic heterocycles. The van der Waals surface area contributed by atoms with Gasteiger partial charge in [-0.25, -0.2) is 0 Å². The predicted molar refractivity (Wildman–Crippen MR) is 101 cm³/mol. The molecule has 2 aliphatic heterocycles. The average Bonchev–Trinajstić information content (AvgIpc) is 3.13. The molecule has 1 atom stereocenters. The molecule has 2 amide bonds. The molecule has 0 unspecified atom stereocenters. The van der Waals surface area contributed by atoms with E-state index in [0.29, 0.717) is 13.1 Å². The zero-order chi connectivity index (χ0) is 19.3. The molecular weight excluding hydrogens is 344 g/mol. The lowest BCUT2D eigenvalue weighted by Crippen LogP contribution is -2.50. The number of carbonyl (C=O) groups is 3. The van der Waals surface area contributed by atoms with Gasteiger partial charge in [0.25, 0.3) is 0 Å². The summed E-state index contributed by atoms with van der Waals surface area (Å²) >= 11 is 0. The van der Waals surface area contributed by atoms with Crippen molar-refractivity contribution in [3.8, 4) is 0 Å². The van der Waals surface area contributed by atoms with Crippen LogP contribution in [-0.2, 0) is 25.5 Å². The minimum Gasteiger partial charge on any atom is -0.469 e. The lowest BCUT2D eigenvalue weighted by atomic mass is 9.78. The van der Waals surface area contributed by atoms with E-state index in [0.717, 1.165) is 38.8 Å². The number of ether oxygens (including phenoxy) is 1. The van der Waals surface area contributed by atoms with Gasteiger partial charge in [0.2, 0.25) is 11.8 Å². The fourth-order valence-electron chi connectivity index (χ4n) is 4.21. The molecule has 0 N–H and O–H groups in total. The van der Waals surface area contributed by atoms with E-state index in [4.69, 9.17) is 0 Å². The van der Waals surface area contributed by atoms with E-state index >= 15 is 0 Å². The number of hydrogen-bond donors (Lipinski definition) is 0. The van der Waals surface area contributed by atoms with Crippen molar-refractivity contribution in [3.05, 3.63) is 35.9 Å². The molecular formula is C21H28N2O4. The molecule has 0 saturated carbocycles. The highest BCUT2D eigenvalue weighted by molar-refractivity contribution is 5.87. The van der Waals surface area contributed by atoms with Gasteiger partial charge in [0.15, 0.2) is 0 Å². The summed E-state index contributed by atoms with van der Waals surface area (Å²) in [4.78, 5) is 40.5. The zero-order valence-electron chi connectivity index (χ0n) is 16.0. The third kappa shape index (κ3) is 4.49. The minimum atomic E-state index is -0.435. The van der Waals surface area contributed by atoms with Gasteiger partial charge in [-0.1, -0.05) is 30.3 Å². The first-order valence-corrected chi connectivity index (χ1v) is 9.72. The summed E-state index contributed by atoms with van der Waals surface area (Å²) in [6.45, 7) is 2.59. The third-order valence-corrected chi connectivity index (χ3v) is 5.81. The Kier molecular flexibility index (Phi) is 6.14.